The van der Waals surface area contributed by atoms with Gasteiger partial charge in [-0.3, -0.25) is 4.79 Å². The monoisotopic (exact) mass is 327 g/mol. The summed E-state index contributed by atoms with van der Waals surface area (Å²) in [5.74, 6) is 0.139. The number of anilines is 1. The number of ether oxygens (including phenoxy) is 1. The number of nitrogens with one attached hydrogen (secondary N) is 2. The Labute approximate surface area is 130 Å². The molecule has 0 spiro atoms. The van der Waals surface area contributed by atoms with Gasteiger partial charge in [-0.25, -0.2) is 13.4 Å². The van der Waals surface area contributed by atoms with E-state index in [9.17, 15) is 13.2 Å². The molecule has 2 N–H and O–H groups in total. The first-order valence-corrected chi connectivity index (χ1v) is 9.02. The van der Waals surface area contributed by atoms with Crippen molar-refractivity contribution in [2.45, 2.75) is 18.9 Å². The van der Waals surface area contributed by atoms with E-state index in [-0.39, 0.29) is 23.5 Å². The zero-order chi connectivity index (χ0) is 16.0. The second-order valence-corrected chi connectivity index (χ2v) is 7.51. The Morgan fingerprint density at radius 2 is 2.27 bits per heavy atom. The Hall–Kier alpha value is -1.67. The van der Waals surface area contributed by atoms with Gasteiger partial charge >= 0.3 is 0 Å². The van der Waals surface area contributed by atoms with Crippen LogP contribution < -0.4 is 10.6 Å². The molecule has 0 bridgehead atoms. The van der Waals surface area contributed by atoms with Gasteiger partial charge < -0.3 is 15.4 Å². The van der Waals surface area contributed by atoms with Gasteiger partial charge in [-0.1, -0.05) is 0 Å². The van der Waals surface area contributed by atoms with Crippen LogP contribution in [-0.4, -0.2) is 57.1 Å². The molecular formula is C14H21N3O4S. The molecule has 0 aromatic carbocycles. The molecule has 2 rings (SSSR count). The molecule has 0 aliphatic carbocycles. The number of nitrogens with zero attached hydrogens (tertiary/aromatic N) is 1. The van der Waals surface area contributed by atoms with Gasteiger partial charge in [0.05, 0.1) is 23.4 Å². The predicted molar refractivity (Wildman–Crippen MR) is 83.7 cm³/mol. The number of methoxy groups -OCH3 is 1. The molecule has 2 heterocycles. The summed E-state index contributed by atoms with van der Waals surface area (Å²) in [6, 6.07) is 3.28. The van der Waals surface area contributed by atoms with E-state index in [1.165, 1.54) is 0 Å². The highest BCUT2D eigenvalue weighted by molar-refractivity contribution is 7.91. The molecule has 0 radical (unpaired) electrons. The molecule has 1 amide bonds. The summed E-state index contributed by atoms with van der Waals surface area (Å²) in [5.41, 5.74) is 1.06. The number of hydrogen-bond donors (Lipinski definition) is 2. The zero-order valence-corrected chi connectivity index (χ0v) is 13.4. The molecule has 1 saturated heterocycles. The van der Waals surface area contributed by atoms with E-state index in [0.717, 1.165) is 12.1 Å². The van der Waals surface area contributed by atoms with Crippen molar-refractivity contribution in [3.05, 3.63) is 24.0 Å². The molecule has 22 heavy (non-hydrogen) atoms. The normalized spacial score (nSPS) is 19.8. The van der Waals surface area contributed by atoms with Crippen molar-refractivity contribution in [3.63, 3.8) is 0 Å². The maximum Gasteiger partial charge on any atom is 0.269 e. The van der Waals surface area contributed by atoms with Crippen molar-refractivity contribution in [1.29, 1.82) is 0 Å². The van der Waals surface area contributed by atoms with E-state index in [0.29, 0.717) is 25.3 Å². The summed E-state index contributed by atoms with van der Waals surface area (Å²) < 4.78 is 27.7. The Morgan fingerprint density at radius 3 is 2.86 bits per heavy atom. The summed E-state index contributed by atoms with van der Waals surface area (Å²) in [7, 11) is -1.29. The number of amides is 1. The summed E-state index contributed by atoms with van der Waals surface area (Å²) in [5, 5.41) is 5.89. The van der Waals surface area contributed by atoms with Gasteiger partial charge in [-0.15, -0.1) is 0 Å². The smallest absolute Gasteiger partial charge is 0.269 e. The third-order valence-electron chi connectivity index (χ3n) is 3.41. The average Bonchev–Trinajstić information content (AvgIpc) is 2.83. The highest BCUT2D eigenvalue weighted by atomic mass is 32.2. The van der Waals surface area contributed by atoms with Crippen molar-refractivity contribution in [1.82, 2.24) is 10.3 Å². The quantitative estimate of drug-likeness (QED) is 0.706. The fourth-order valence-electron chi connectivity index (χ4n) is 2.27. The molecule has 1 fully saturated rings. The maximum atomic E-state index is 11.8. The van der Waals surface area contributed by atoms with E-state index >= 15 is 0 Å². The third-order valence-corrected chi connectivity index (χ3v) is 5.18. The Kier molecular flexibility index (Phi) is 5.73. The molecule has 1 atom stereocenters. The Bertz CT molecular complexity index is 601. The number of sulfone groups is 1. The maximum absolute atomic E-state index is 11.8. The van der Waals surface area contributed by atoms with Crippen LogP contribution in [-0.2, 0) is 14.6 Å². The highest BCUT2D eigenvalue weighted by Gasteiger charge is 2.27. The second-order valence-electron chi connectivity index (χ2n) is 5.28. The molecular weight excluding hydrogens is 306 g/mol. The summed E-state index contributed by atoms with van der Waals surface area (Å²) in [4.78, 5) is 15.9. The molecule has 0 saturated carbocycles. The molecule has 7 nitrogen and oxygen atoms in total. The van der Waals surface area contributed by atoms with Crippen molar-refractivity contribution >= 4 is 21.4 Å². The number of carbonyl (C=O) groups is 1. The molecule has 122 valence electrons. The average molecular weight is 327 g/mol. The predicted octanol–water partition coefficient (Wildman–Crippen LogP) is 0.447. The highest BCUT2D eigenvalue weighted by Crippen LogP contribution is 2.17. The molecule has 8 heteroatoms. The van der Waals surface area contributed by atoms with Crippen LogP contribution in [0.5, 0.6) is 0 Å². The number of carbonyl (C=O) groups excluding carboxylic acids is 1. The van der Waals surface area contributed by atoms with Crippen LogP contribution in [0.15, 0.2) is 18.3 Å². The van der Waals surface area contributed by atoms with E-state index in [1.54, 1.807) is 25.4 Å². The number of hydrogen-bond acceptors (Lipinski definition) is 6. The number of rotatable bonds is 7. The van der Waals surface area contributed by atoms with E-state index in [1.807, 2.05) is 0 Å². The molecule has 1 aliphatic heterocycles. The zero-order valence-electron chi connectivity index (χ0n) is 12.5. The van der Waals surface area contributed by atoms with Gasteiger partial charge in [-0.2, -0.15) is 0 Å². The van der Waals surface area contributed by atoms with Gasteiger partial charge in [-0.05, 0) is 25.0 Å². The van der Waals surface area contributed by atoms with Gasteiger partial charge in [0.2, 0.25) is 0 Å². The summed E-state index contributed by atoms with van der Waals surface area (Å²) in [6.45, 7) is 1.13. The first kappa shape index (κ1) is 16.7. The fourth-order valence-corrected chi connectivity index (χ4v) is 3.94. The minimum atomic E-state index is -2.91. The van der Waals surface area contributed by atoms with Crippen molar-refractivity contribution in [2.24, 2.45) is 0 Å². The van der Waals surface area contributed by atoms with E-state index < -0.39 is 9.84 Å². The molecule has 1 aliphatic rings. The Balaban J connectivity index is 1.83. The molecule has 1 unspecified atom stereocenters. The first-order chi connectivity index (χ1) is 10.5. The van der Waals surface area contributed by atoms with Crippen LogP contribution in [0.3, 0.4) is 0 Å². The van der Waals surface area contributed by atoms with E-state index in [4.69, 9.17) is 4.74 Å². The first-order valence-electron chi connectivity index (χ1n) is 7.20. The van der Waals surface area contributed by atoms with Gasteiger partial charge in [0.1, 0.15) is 5.69 Å². The molecule has 1 aromatic rings. The van der Waals surface area contributed by atoms with Crippen molar-refractivity contribution < 1.29 is 17.9 Å². The third kappa shape index (κ3) is 4.96. The molecule has 1 aromatic heterocycles. The van der Waals surface area contributed by atoms with E-state index in [2.05, 4.69) is 15.6 Å². The van der Waals surface area contributed by atoms with Crippen LogP contribution in [0, 0.1) is 0 Å². The lowest BCUT2D eigenvalue weighted by atomic mass is 10.2. The lowest BCUT2D eigenvalue weighted by Crippen LogP contribution is -2.26. The second kappa shape index (κ2) is 7.55. The SMILES string of the molecule is COCCCNC(=O)c1ccc(NC2CCS(=O)(=O)C2)cn1. The topological polar surface area (TPSA) is 97.4 Å². The minimum absolute atomic E-state index is 0.0829. The standard InChI is InChI=1S/C14H21N3O4S/c1-21-7-2-6-15-14(18)13-4-3-11(9-16-13)17-12-5-8-22(19,20)10-12/h3-4,9,12,17H,2,5-8,10H2,1H3,(H,15,18). The van der Waals surface area contributed by atoms with Crippen LogP contribution in [0.25, 0.3) is 0 Å². The number of aromatic nitrogens is 1. The fraction of sp³-hybridized carbons (Fsp3) is 0.571. The Morgan fingerprint density at radius 1 is 1.45 bits per heavy atom. The van der Waals surface area contributed by atoms with Gasteiger partial charge in [0.25, 0.3) is 5.91 Å². The van der Waals surface area contributed by atoms with Crippen LogP contribution in [0.2, 0.25) is 0 Å². The minimum Gasteiger partial charge on any atom is -0.385 e. The lowest BCUT2D eigenvalue weighted by Gasteiger charge is -2.12. The summed E-state index contributed by atoms with van der Waals surface area (Å²) >= 11 is 0. The number of pyridine rings is 1. The largest absolute Gasteiger partial charge is 0.385 e. The van der Waals surface area contributed by atoms with Gasteiger partial charge in [0.15, 0.2) is 9.84 Å². The van der Waals surface area contributed by atoms with Crippen LogP contribution in [0.4, 0.5) is 5.69 Å². The van der Waals surface area contributed by atoms with Crippen LogP contribution in [0.1, 0.15) is 23.3 Å². The van der Waals surface area contributed by atoms with Crippen molar-refractivity contribution in [2.75, 3.05) is 37.1 Å². The van der Waals surface area contributed by atoms with Crippen molar-refractivity contribution in [3.8, 4) is 0 Å². The van der Waals surface area contributed by atoms with Gasteiger partial charge in [0, 0.05) is 26.3 Å². The van der Waals surface area contributed by atoms with Crippen LogP contribution >= 0.6 is 0 Å². The lowest BCUT2D eigenvalue weighted by molar-refractivity contribution is 0.0943. The summed E-state index contributed by atoms with van der Waals surface area (Å²) in [6.07, 6.45) is 2.90.